The molecule has 1 N–H and O–H groups in total. The van der Waals surface area contributed by atoms with Crippen LogP contribution in [0.1, 0.15) is 16.1 Å². The lowest BCUT2D eigenvalue weighted by Crippen LogP contribution is -2.54. The smallest absolute Gasteiger partial charge is 0.254 e. The molecule has 5 heteroatoms. The lowest BCUT2D eigenvalue weighted by molar-refractivity contribution is 0.0423. The average Bonchev–Trinajstić information content (AvgIpc) is 3.13. The molecule has 108 valence electrons. The average molecular weight is 282 g/mol. The fourth-order valence-corrected chi connectivity index (χ4v) is 3.46. The summed E-state index contributed by atoms with van der Waals surface area (Å²) in [5.41, 5.74) is 1.98. The minimum absolute atomic E-state index is 0.131. The van der Waals surface area contributed by atoms with Crippen LogP contribution in [0.25, 0.3) is 0 Å². The molecule has 4 rings (SSSR count). The summed E-state index contributed by atoms with van der Waals surface area (Å²) in [6, 6.07) is 8.24. The van der Waals surface area contributed by atoms with Crippen molar-refractivity contribution in [2.75, 3.05) is 19.6 Å². The van der Waals surface area contributed by atoms with Gasteiger partial charge in [-0.15, -0.1) is 0 Å². The number of aromatic nitrogens is 2. The van der Waals surface area contributed by atoms with Crippen LogP contribution in [-0.2, 0) is 6.54 Å². The van der Waals surface area contributed by atoms with Gasteiger partial charge in [0.1, 0.15) is 0 Å². The molecule has 2 aliphatic heterocycles. The second kappa shape index (κ2) is 5.00. The van der Waals surface area contributed by atoms with Crippen molar-refractivity contribution in [3.05, 3.63) is 54.1 Å². The summed E-state index contributed by atoms with van der Waals surface area (Å²) in [5, 5.41) is 0. The van der Waals surface area contributed by atoms with E-state index in [0.29, 0.717) is 12.0 Å². The van der Waals surface area contributed by atoms with E-state index in [1.165, 1.54) is 5.69 Å². The maximum atomic E-state index is 12.5. The van der Waals surface area contributed by atoms with Crippen LogP contribution in [0.2, 0.25) is 0 Å². The Morgan fingerprint density at radius 3 is 2.86 bits per heavy atom. The third kappa shape index (κ3) is 2.23. The van der Waals surface area contributed by atoms with Crippen molar-refractivity contribution >= 4 is 5.91 Å². The van der Waals surface area contributed by atoms with Crippen LogP contribution < -0.4 is 0 Å². The molecule has 0 aromatic carbocycles. The summed E-state index contributed by atoms with van der Waals surface area (Å²) >= 11 is 0. The molecule has 0 spiro atoms. The van der Waals surface area contributed by atoms with Gasteiger partial charge in [-0.1, -0.05) is 0 Å². The molecule has 1 amide bonds. The first kappa shape index (κ1) is 12.6. The number of likely N-dealkylation sites (tertiary alicyclic amines) is 2. The Morgan fingerprint density at radius 2 is 2.10 bits per heavy atom. The zero-order chi connectivity index (χ0) is 14.2. The lowest BCUT2D eigenvalue weighted by Gasteiger charge is -2.43. The van der Waals surface area contributed by atoms with Gasteiger partial charge in [-0.05, 0) is 24.3 Å². The first-order chi connectivity index (χ1) is 10.3. The summed E-state index contributed by atoms with van der Waals surface area (Å²) in [4.78, 5) is 24.1. The maximum Gasteiger partial charge on any atom is 0.254 e. The van der Waals surface area contributed by atoms with E-state index in [1.807, 2.05) is 17.2 Å². The number of H-pyrrole nitrogens is 1. The Labute approximate surface area is 123 Å². The number of carbonyl (C=O) groups is 1. The molecule has 2 aliphatic rings. The van der Waals surface area contributed by atoms with Gasteiger partial charge in [0, 0.05) is 68.0 Å². The normalized spacial score (nSPS) is 24.7. The van der Waals surface area contributed by atoms with Gasteiger partial charge in [0.05, 0.1) is 0 Å². The third-order valence-electron chi connectivity index (χ3n) is 4.59. The Morgan fingerprint density at radius 1 is 1.24 bits per heavy atom. The van der Waals surface area contributed by atoms with Gasteiger partial charge < -0.3 is 9.88 Å². The van der Waals surface area contributed by atoms with Gasteiger partial charge in [-0.25, -0.2) is 0 Å². The number of aromatic amines is 1. The van der Waals surface area contributed by atoms with Crippen LogP contribution in [0.3, 0.4) is 0 Å². The van der Waals surface area contributed by atoms with Crippen molar-refractivity contribution in [1.82, 2.24) is 19.8 Å². The number of hydrogen-bond donors (Lipinski definition) is 1. The van der Waals surface area contributed by atoms with Gasteiger partial charge in [0.15, 0.2) is 0 Å². The highest BCUT2D eigenvalue weighted by atomic mass is 16.2. The molecule has 0 bridgehead atoms. The van der Waals surface area contributed by atoms with Gasteiger partial charge >= 0.3 is 0 Å². The van der Waals surface area contributed by atoms with Crippen molar-refractivity contribution in [3.8, 4) is 0 Å². The molecule has 0 radical (unpaired) electrons. The monoisotopic (exact) mass is 282 g/mol. The highest BCUT2D eigenvalue weighted by molar-refractivity contribution is 5.94. The predicted molar refractivity (Wildman–Crippen MR) is 78.6 cm³/mol. The Kier molecular flexibility index (Phi) is 3.00. The van der Waals surface area contributed by atoms with Crippen LogP contribution in [0.15, 0.2) is 42.9 Å². The fourth-order valence-electron chi connectivity index (χ4n) is 3.46. The molecule has 2 aromatic heterocycles. The van der Waals surface area contributed by atoms with Crippen LogP contribution in [0, 0.1) is 5.92 Å². The van der Waals surface area contributed by atoms with Gasteiger partial charge in [-0.3, -0.25) is 14.7 Å². The van der Waals surface area contributed by atoms with Crippen LogP contribution in [0.4, 0.5) is 0 Å². The van der Waals surface area contributed by atoms with Crippen molar-refractivity contribution in [1.29, 1.82) is 0 Å². The molecule has 0 unspecified atom stereocenters. The lowest BCUT2D eigenvalue weighted by atomic mass is 9.92. The third-order valence-corrected chi connectivity index (χ3v) is 4.59. The molecule has 2 atom stereocenters. The Bertz CT molecular complexity index is 625. The van der Waals surface area contributed by atoms with E-state index >= 15 is 0 Å². The zero-order valence-electron chi connectivity index (χ0n) is 11.8. The van der Waals surface area contributed by atoms with E-state index in [-0.39, 0.29) is 5.91 Å². The first-order valence-corrected chi connectivity index (χ1v) is 7.37. The highest BCUT2D eigenvalue weighted by Gasteiger charge is 2.46. The summed E-state index contributed by atoms with van der Waals surface area (Å²) in [5.74, 6) is 0.761. The second-order valence-electron chi connectivity index (χ2n) is 5.90. The van der Waals surface area contributed by atoms with Crippen molar-refractivity contribution in [2.24, 2.45) is 5.92 Å². The topological polar surface area (TPSA) is 52.2 Å². The molecule has 0 saturated carbocycles. The number of carbonyl (C=O) groups excluding carboxylic acids is 1. The Hall–Kier alpha value is -2.14. The largest absolute Gasteiger partial charge is 0.364 e. The summed E-state index contributed by atoms with van der Waals surface area (Å²) < 4.78 is 0. The molecule has 2 aromatic rings. The standard InChI is InChI=1S/C16H18N4O/c21-16(12-3-6-17-7-4-12)20-9-13-8-19(15(13)11-20)10-14-2-1-5-18-14/h1-7,13,15,18H,8-11H2/t13-,15+/m0/s1. The minimum Gasteiger partial charge on any atom is -0.364 e. The maximum absolute atomic E-state index is 12.5. The molecule has 2 fully saturated rings. The van der Waals surface area contributed by atoms with E-state index in [2.05, 4.69) is 20.9 Å². The van der Waals surface area contributed by atoms with E-state index in [4.69, 9.17) is 0 Å². The number of nitrogens with one attached hydrogen (secondary N) is 1. The van der Waals surface area contributed by atoms with E-state index in [0.717, 1.165) is 31.7 Å². The number of hydrogen-bond acceptors (Lipinski definition) is 3. The Balaban J connectivity index is 1.40. The van der Waals surface area contributed by atoms with Crippen LogP contribution in [-0.4, -0.2) is 51.4 Å². The molecule has 2 saturated heterocycles. The minimum atomic E-state index is 0.131. The molecular weight excluding hydrogens is 264 g/mol. The number of pyridine rings is 1. The number of fused-ring (bicyclic) bond motifs is 1. The van der Waals surface area contributed by atoms with E-state index in [1.54, 1.807) is 24.5 Å². The molecule has 21 heavy (non-hydrogen) atoms. The van der Waals surface area contributed by atoms with E-state index in [9.17, 15) is 4.79 Å². The van der Waals surface area contributed by atoms with Crippen molar-refractivity contribution in [2.45, 2.75) is 12.6 Å². The zero-order valence-corrected chi connectivity index (χ0v) is 11.8. The van der Waals surface area contributed by atoms with Crippen LogP contribution >= 0.6 is 0 Å². The number of rotatable bonds is 3. The van der Waals surface area contributed by atoms with E-state index < -0.39 is 0 Å². The SMILES string of the molecule is O=C(c1ccncc1)N1C[C@@H]2CN(Cc3ccc[nH]3)[C@@H]2C1. The van der Waals surface area contributed by atoms with Crippen LogP contribution in [0.5, 0.6) is 0 Å². The molecule has 4 heterocycles. The van der Waals surface area contributed by atoms with Gasteiger partial charge in [0.2, 0.25) is 0 Å². The molecule has 0 aliphatic carbocycles. The van der Waals surface area contributed by atoms with Gasteiger partial charge in [-0.2, -0.15) is 0 Å². The fraction of sp³-hybridized carbons (Fsp3) is 0.375. The molecule has 5 nitrogen and oxygen atoms in total. The second-order valence-corrected chi connectivity index (χ2v) is 5.90. The quantitative estimate of drug-likeness (QED) is 0.925. The summed E-state index contributed by atoms with van der Waals surface area (Å²) in [7, 11) is 0. The highest BCUT2D eigenvalue weighted by Crippen LogP contribution is 2.33. The number of amides is 1. The molecular formula is C16H18N4O. The van der Waals surface area contributed by atoms with Crippen molar-refractivity contribution in [3.63, 3.8) is 0 Å². The number of nitrogens with zero attached hydrogens (tertiary/aromatic N) is 3. The summed E-state index contributed by atoms with van der Waals surface area (Å²) in [6.07, 6.45) is 5.31. The summed E-state index contributed by atoms with van der Waals surface area (Å²) in [6.45, 7) is 3.76. The van der Waals surface area contributed by atoms with Crippen molar-refractivity contribution < 1.29 is 4.79 Å². The first-order valence-electron chi connectivity index (χ1n) is 7.37. The van der Waals surface area contributed by atoms with Gasteiger partial charge in [0.25, 0.3) is 5.91 Å². The predicted octanol–water partition coefficient (Wildman–Crippen LogP) is 1.37.